The third kappa shape index (κ3) is 5.33. The summed E-state index contributed by atoms with van der Waals surface area (Å²) in [6, 6.07) is 15.1. The molecule has 0 saturated carbocycles. The van der Waals surface area contributed by atoms with Gasteiger partial charge in [-0.3, -0.25) is 0 Å². The van der Waals surface area contributed by atoms with E-state index in [-0.39, 0.29) is 0 Å². The van der Waals surface area contributed by atoms with E-state index in [2.05, 4.69) is 30.8 Å². The number of hydrogen-bond acceptors (Lipinski definition) is 4. The Labute approximate surface area is 137 Å². The maximum absolute atomic E-state index is 9.05. The maximum atomic E-state index is 9.05. The average molecular weight is 332 g/mol. The van der Waals surface area contributed by atoms with Gasteiger partial charge in [0.15, 0.2) is 5.69 Å². The van der Waals surface area contributed by atoms with Crippen molar-refractivity contribution in [3.63, 3.8) is 0 Å². The fourth-order valence-electron chi connectivity index (χ4n) is 1.77. The molecule has 1 heterocycles. The number of hydrogen-bond donors (Lipinski definition) is 0. The van der Waals surface area contributed by atoms with Crippen LogP contribution in [-0.2, 0) is 11.5 Å². The van der Waals surface area contributed by atoms with Gasteiger partial charge in [0.1, 0.15) is 17.8 Å². The largest absolute Gasteiger partial charge is 0.359 e. The van der Waals surface area contributed by atoms with E-state index in [1.165, 1.54) is 0 Å². The molecule has 0 bridgehead atoms. The molecule has 0 aliphatic rings. The Bertz CT molecular complexity index is 644. The molecule has 0 radical (unpaired) electrons. The van der Waals surface area contributed by atoms with Gasteiger partial charge >= 0.3 is 0 Å². The third-order valence-corrected chi connectivity index (χ3v) is 5.78. The van der Waals surface area contributed by atoms with Gasteiger partial charge in [-0.2, -0.15) is 10.4 Å². The predicted molar refractivity (Wildman–Crippen MR) is 91.6 cm³/mol. The van der Waals surface area contributed by atoms with E-state index >= 15 is 0 Å². The lowest BCUT2D eigenvalue weighted by Crippen LogP contribution is -2.22. The number of benzene rings is 1. The molecule has 1 aromatic carbocycles. The van der Waals surface area contributed by atoms with Crippen LogP contribution in [0.5, 0.6) is 0 Å². The Morgan fingerprint density at radius 3 is 2.64 bits per heavy atom. The highest BCUT2D eigenvalue weighted by molar-refractivity contribution is 7.99. The zero-order valence-corrected chi connectivity index (χ0v) is 15.1. The highest BCUT2D eigenvalue weighted by Crippen LogP contribution is 2.28. The van der Waals surface area contributed by atoms with E-state index < -0.39 is 8.07 Å². The van der Waals surface area contributed by atoms with Crippen LogP contribution in [0.1, 0.15) is 5.69 Å². The molecule has 6 heteroatoms. The lowest BCUT2D eigenvalue weighted by Gasteiger charge is -2.15. The minimum absolute atomic E-state index is 0.390. The van der Waals surface area contributed by atoms with Crippen LogP contribution in [0.15, 0.2) is 46.3 Å². The molecular weight excluding hydrogens is 310 g/mol. The number of nitriles is 1. The monoisotopic (exact) mass is 331 g/mol. The summed E-state index contributed by atoms with van der Waals surface area (Å²) in [5.41, 5.74) is 0.423. The highest BCUT2D eigenvalue weighted by atomic mass is 32.2. The first-order valence-electron chi connectivity index (χ1n) is 7.26. The minimum Gasteiger partial charge on any atom is -0.359 e. The topological polar surface area (TPSA) is 50.8 Å². The van der Waals surface area contributed by atoms with Crippen LogP contribution >= 0.6 is 11.8 Å². The molecule has 0 aliphatic carbocycles. The fraction of sp³-hybridized carbons (Fsp3) is 0.375. The number of rotatable bonds is 7. The molecule has 2 aromatic rings. The van der Waals surface area contributed by atoms with Crippen molar-refractivity contribution in [1.82, 2.24) is 9.78 Å². The Hall–Kier alpha value is -1.55. The van der Waals surface area contributed by atoms with E-state index in [0.717, 1.165) is 22.6 Å². The molecule has 0 atom stereocenters. The zero-order valence-electron chi connectivity index (χ0n) is 13.2. The van der Waals surface area contributed by atoms with Gasteiger partial charge in [-0.15, -0.1) is 0 Å². The van der Waals surface area contributed by atoms with Crippen LogP contribution in [0.3, 0.4) is 0 Å². The van der Waals surface area contributed by atoms with Crippen molar-refractivity contribution in [3.8, 4) is 6.07 Å². The molecule has 0 amide bonds. The Morgan fingerprint density at radius 1 is 1.27 bits per heavy atom. The summed E-state index contributed by atoms with van der Waals surface area (Å²) >= 11 is 1.59. The Morgan fingerprint density at radius 2 is 2.00 bits per heavy atom. The van der Waals surface area contributed by atoms with Gasteiger partial charge in [-0.25, -0.2) is 4.68 Å². The van der Waals surface area contributed by atoms with Gasteiger partial charge in [0.05, 0.1) is 0 Å². The van der Waals surface area contributed by atoms with Gasteiger partial charge in [0.2, 0.25) is 0 Å². The first kappa shape index (κ1) is 16.8. The first-order valence-corrected chi connectivity index (χ1v) is 11.8. The molecule has 0 fully saturated rings. The van der Waals surface area contributed by atoms with Gasteiger partial charge in [0.25, 0.3) is 0 Å². The summed E-state index contributed by atoms with van der Waals surface area (Å²) < 4.78 is 7.51. The molecule has 1 aromatic heterocycles. The summed E-state index contributed by atoms with van der Waals surface area (Å²) in [5, 5.41) is 14.3. The first-order chi connectivity index (χ1) is 10.5. The van der Waals surface area contributed by atoms with Crippen molar-refractivity contribution >= 4 is 19.8 Å². The molecule has 116 valence electrons. The number of aromatic nitrogens is 2. The molecule has 22 heavy (non-hydrogen) atoms. The standard InChI is InChI=1S/C16H21N3OSSi/c1-22(2,3)10-9-20-13-19-16(11-14(12-17)18-19)21-15-7-5-4-6-8-15/h4-8,11H,9-10,13H2,1-3H3. The summed E-state index contributed by atoms with van der Waals surface area (Å²) in [5.74, 6) is 0. The van der Waals surface area contributed by atoms with Crippen molar-refractivity contribution < 1.29 is 4.74 Å². The lowest BCUT2D eigenvalue weighted by atomic mass is 10.4. The van der Waals surface area contributed by atoms with Gasteiger partial charge in [0, 0.05) is 25.6 Å². The minimum atomic E-state index is -1.08. The molecule has 2 rings (SSSR count). The van der Waals surface area contributed by atoms with Gasteiger partial charge < -0.3 is 4.74 Å². The predicted octanol–water partition coefficient (Wildman–Crippen LogP) is 4.22. The second-order valence-corrected chi connectivity index (χ2v) is 13.0. The van der Waals surface area contributed by atoms with Crippen LogP contribution in [0.25, 0.3) is 0 Å². The maximum Gasteiger partial charge on any atom is 0.163 e. The molecule has 0 unspecified atom stereocenters. The fourth-order valence-corrected chi connectivity index (χ4v) is 3.43. The molecule has 0 spiro atoms. The second-order valence-electron chi connectivity index (χ2n) is 6.24. The van der Waals surface area contributed by atoms with Crippen LogP contribution in [0.4, 0.5) is 0 Å². The van der Waals surface area contributed by atoms with E-state index in [1.807, 2.05) is 30.3 Å². The van der Waals surface area contributed by atoms with E-state index in [9.17, 15) is 0 Å². The van der Waals surface area contributed by atoms with E-state index in [0.29, 0.717) is 12.4 Å². The molecule has 0 aliphatic heterocycles. The van der Waals surface area contributed by atoms with Crippen molar-refractivity contribution in [2.75, 3.05) is 6.61 Å². The van der Waals surface area contributed by atoms with Crippen molar-refractivity contribution in [1.29, 1.82) is 5.26 Å². The normalized spacial score (nSPS) is 11.4. The zero-order chi connectivity index (χ0) is 16.0. The van der Waals surface area contributed by atoms with Crippen LogP contribution in [0, 0.1) is 11.3 Å². The van der Waals surface area contributed by atoms with Crippen molar-refractivity contribution in [2.45, 2.75) is 42.3 Å². The SMILES string of the molecule is C[Si](C)(C)CCOCn1nc(C#N)cc1Sc1ccccc1. The Kier molecular flexibility index (Phi) is 5.83. The highest BCUT2D eigenvalue weighted by Gasteiger charge is 2.13. The van der Waals surface area contributed by atoms with Crippen LogP contribution in [0.2, 0.25) is 25.7 Å². The number of nitrogens with zero attached hydrogens (tertiary/aromatic N) is 3. The van der Waals surface area contributed by atoms with Gasteiger partial charge in [-0.05, 0) is 18.2 Å². The lowest BCUT2D eigenvalue weighted by molar-refractivity contribution is 0.0725. The molecule has 0 saturated heterocycles. The molecule has 0 N–H and O–H groups in total. The summed E-state index contributed by atoms with van der Waals surface area (Å²) in [4.78, 5) is 1.12. The average Bonchev–Trinajstić information content (AvgIpc) is 2.86. The van der Waals surface area contributed by atoms with E-state index in [1.54, 1.807) is 22.5 Å². The number of ether oxygens (including phenoxy) is 1. The van der Waals surface area contributed by atoms with Crippen LogP contribution in [-0.4, -0.2) is 24.5 Å². The van der Waals surface area contributed by atoms with Gasteiger partial charge in [-0.1, -0.05) is 49.6 Å². The summed E-state index contributed by atoms with van der Waals surface area (Å²) in [6.45, 7) is 8.12. The second kappa shape index (κ2) is 7.63. The third-order valence-electron chi connectivity index (χ3n) is 3.03. The van der Waals surface area contributed by atoms with E-state index in [4.69, 9.17) is 10.00 Å². The smallest absolute Gasteiger partial charge is 0.163 e. The van der Waals surface area contributed by atoms with Crippen LogP contribution < -0.4 is 0 Å². The molecule has 4 nitrogen and oxygen atoms in total. The summed E-state index contributed by atoms with van der Waals surface area (Å²) in [7, 11) is -1.08. The molecular formula is C16H21N3OSSi. The quantitative estimate of drug-likeness (QED) is 0.563. The Balaban J connectivity index is 2.01. The summed E-state index contributed by atoms with van der Waals surface area (Å²) in [6.07, 6.45) is 0. The van der Waals surface area contributed by atoms with Crippen molar-refractivity contribution in [3.05, 3.63) is 42.1 Å². The van der Waals surface area contributed by atoms with Crippen molar-refractivity contribution in [2.24, 2.45) is 0 Å².